The van der Waals surface area contributed by atoms with Crippen LogP contribution in [-0.4, -0.2) is 0 Å². The summed E-state index contributed by atoms with van der Waals surface area (Å²) in [4.78, 5) is 0. The summed E-state index contributed by atoms with van der Waals surface area (Å²) in [5.74, 6) is 0.960. The van der Waals surface area contributed by atoms with Gasteiger partial charge in [0.25, 0.3) is 0 Å². The Labute approximate surface area is 76.2 Å². The lowest BCUT2D eigenvalue weighted by Crippen LogP contribution is -2.06. The fourth-order valence-electron chi connectivity index (χ4n) is 1.74. The number of rotatable bonds is 0. The number of benzene rings is 1. The molecule has 1 aromatic heterocycles. The highest BCUT2D eigenvalue weighted by Crippen LogP contribution is 2.35. The zero-order chi connectivity index (χ0) is 8.67. The Hall–Kier alpha value is -1.70. The van der Waals surface area contributed by atoms with Gasteiger partial charge in [-0.3, -0.25) is 0 Å². The van der Waals surface area contributed by atoms with Crippen LogP contribution in [0.2, 0.25) is 0 Å². The molecule has 2 aromatic rings. The quantitative estimate of drug-likeness (QED) is 0.659. The van der Waals surface area contributed by atoms with Gasteiger partial charge in [-0.15, -0.1) is 0 Å². The number of hydrogen-bond acceptors (Lipinski definition) is 2. The van der Waals surface area contributed by atoms with Crippen LogP contribution in [-0.2, 0) is 6.54 Å². The fraction of sp³-hybridized carbons (Fsp3) is 0.0909. The lowest BCUT2D eigenvalue weighted by atomic mass is 10.0. The Kier molecular flexibility index (Phi) is 1.25. The van der Waals surface area contributed by atoms with Crippen molar-refractivity contribution in [3.05, 3.63) is 42.2 Å². The zero-order valence-electron chi connectivity index (χ0n) is 7.08. The maximum atomic E-state index is 5.42. The average Bonchev–Trinajstić information content (AvgIpc) is 2.65. The van der Waals surface area contributed by atoms with Crippen LogP contribution in [0.5, 0.6) is 0 Å². The average molecular weight is 171 g/mol. The van der Waals surface area contributed by atoms with E-state index in [2.05, 4.69) is 23.5 Å². The van der Waals surface area contributed by atoms with Crippen molar-refractivity contribution in [1.82, 2.24) is 0 Å². The monoisotopic (exact) mass is 171 g/mol. The predicted octanol–water partition coefficient (Wildman–Crippen LogP) is 2.87. The van der Waals surface area contributed by atoms with Crippen LogP contribution in [0.4, 0.5) is 5.69 Å². The van der Waals surface area contributed by atoms with E-state index in [1.807, 2.05) is 12.1 Å². The summed E-state index contributed by atoms with van der Waals surface area (Å²) in [6.45, 7) is 0.892. The molecule has 0 unspecified atom stereocenters. The Morgan fingerprint density at radius 2 is 2.08 bits per heavy atom. The lowest BCUT2D eigenvalue weighted by molar-refractivity contribution is 0.581. The van der Waals surface area contributed by atoms with E-state index in [1.165, 1.54) is 11.1 Å². The molecule has 0 aliphatic carbocycles. The minimum atomic E-state index is 0.892. The first kappa shape index (κ1) is 6.78. The summed E-state index contributed by atoms with van der Waals surface area (Å²) in [7, 11) is 0. The van der Waals surface area contributed by atoms with Gasteiger partial charge in [-0.25, -0.2) is 0 Å². The van der Waals surface area contributed by atoms with Crippen LogP contribution >= 0.6 is 0 Å². The Bertz CT molecular complexity index is 445. The minimum absolute atomic E-state index is 0.892. The molecule has 0 bridgehead atoms. The number of fused-ring (bicyclic) bond motifs is 3. The fourth-order valence-corrected chi connectivity index (χ4v) is 1.74. The molecular weight excluding hydrogens is 162 g/mol. The molecule has 3 rings (SSSR count). The summed E-state index contributed by atoms with van der Waals surface area (Å²) in [5, 5.41) is 3.31. The van der Waals surface area contributed by atoms with E-state index >= 15 is 0 Å². The Balaban J connectivity index is 2.30. The van der Waals surface area contributed by atoms with E-state index in [9.17, 15) is 0 Å². The molecule has 1 N–H and O–H groups in total. The van der Waals surface area contributed by atoms with Gasteiger partial charge in [-0.05, 0) is 5.56 Å². The summed E-state index contributed by atoms with van der Waals surface area (Å²) in [6.07, 6.45) is 1.72. The molecule has 1 aliphatic rings. The van der Waals surface area contributed by atoms with Gasteiger partial charge in [0.05, 0.1) is 12.0 Å². The summed E-state index contributed by atoms with van der Waals surface area (Å²) < 4.78 is 5.42. The second-order valence-corrected chi connectivity index (χ2v) is 3.17. The van der Waals surface area contributed by atoms with Crippen molar-refractivity contribution in [3.63, 3.8) is 0 Å². The van der Waals surface area contributed by atoms with E-state index in [0.717, 1.165) is 18.0 Å². The van der Waals surface area contributed by atoms with Crippen molar-refractivity contribution < 1.29 is 4.42 Å². The highest BCUT2D eigenvalue weighted by molar-refractivity contribution is 5.78. The van der Waals surface area contributed by atoms with E-state index in [1.54, 1.807) is 6.26 Å². The van der Waals surface area contributed by atoms with Crippen LogP contribution in [0.25, 0.3) is 11.3 Å². The molecule has 0 saturated heterocycles. The van der Waals surface area contributed by atoms with Crippen LogP contribution < -0.4 is 5.32 Å². The number of furan rings is 1. The summed E-state index contributed by atoms with van der Waals surface area (Å²) >= 11 is 0. The van der Waals surface area contributed by atoms with Crippen molar-refractivity contribution in [2.75, 3.05) is 5.32 Å². The van der Waals surface area contributed by atoms with Crippen molar-refractivity contribution in [3.8, 4) is 11.3 Å². The van der Waals surface area contributed by atoms with Gasteiger partial charge in [0.1, 0.15) is 0 Å². The first-order valence-electron chi connectivity index (χ1n) is 4.35. The van der Waals surface area contributed by atoms with Crippen molar-refractivity contribution in [1.29, 1.82) is 0 Å². The van der Waals surface area contributed by atoms with E-state index in [4.69, 9.17) is 4.42 Å². The molecule has 0 radical (unpaired) electrons. The topological polar surface area (TPSA) is 25.2 Å². The van der Waals surface area contributed by atoms with Gasteiger partial charge in [-0.2, -0.15) is 0 Å². The third-order valence-corrected chi connectivity index (χ3v) is 2.40. The molecule has 2 heteroatoms. The standard InChI is InChI=1S/C11H9NO/c1-2-4-9-8(3-1)7-12-10-5-6-13-11(9)10/h1-6,12H,7H2. The van der Waals surface area contributed by atoms with Gasteiger partial charge in [-0.1, -0.05) is 24.3 Å². The van der Waals surface area contributed by atoms with E-state index in [0.29, 0.717) is 0 Å². The smallest absolute Gasteiger partial charge is 0.157 e. The lowest BCUT2D eigenvalue weighted by Gasteiger charge is -2.16. The van der Waals surface area contributed by atoms with Gasteiger partial charge in [0.15, 0.2) is 5.76 Å². The minimum Gasteiger partial charge on any atom is -0.462 e. The van der Waals surface area contributed by atoms with E-state index < -0.39 is 0 Å². The first-order valence-corrected chi connectivity index (χ1v) is 4.35. The van der Waals surface area contributed by atoms with Crippen LogP contribution in [0.1, 0.15) is 5.56 Å². The maximum Gasteiger partial charge on any atom is 0.157 e. The van der Waals surface area contributed by atoms with Crippen LogP contribution in [0.3, 0.4) is 0 Å². The van der Waals surface area contributed by atoms with Crippen molar-refractivity contribution in [2.45, 2.75) is 6.54 Å². The summed E-state index contributed by atoms with van der Waals surface area (Å²) in [5.41, 5.74) is 3.60. The van der Waals surface area contributed by atoms with Crippen molar-refractivity contribution in [2.24, 2.45) is 0 Å². The molecule has 1 aromatic carbocycles. The molecular formula is C11H9NO. The highest BCUT2D eigenvalue weighted by atomic mass is 16.3. The Morgan fingerprint density at radius 1 is 1.15 bits per heavy atom. The molecule has 0 fully saturated rings. The number of hydrogen-bond donors (Lipinski definition) is 1. The predicted molar refractivity (Wildman–Crippen MR) is 51.5 cm³/mol. The zero-order valence-corrected chi connectivity index (χ0v) is 7.08. The second kappa shape index (κ2) is 2.39. The molecule has 0 saturated carbocycles. The second-order valence-electron chi connectivity index (χ2n) is 3.17. The molecule has 0 spiro atoms. The highest BCUT2D eigenvalue weighted by Gasteiger charge is 2.16. The number of nitrogens with one attached hydrogen (secondary N) is 1. The normalized spacial score (nSPS) is 12.9. The Morgan fingerprint density at radius 3 is 3.08 bits per heavy atom. The molecule has 0 atom stereocenters. The molecule has 13 heavy (non-hydrogen) atoms. The largest absolute Gasteiger partial charge is 0.462 e. The number of anilines is 1. The third kappa shape index (κ3) is 0.886. The van der Waals surface area contributed by atoms with Gasteiger partial charge in [0.2, 0.25) is 0 Å². The molecule has 0 amide bonds. The molecule has 2 heterocycles. The third-order valence-electron chi connectivity index (χ3n) is 2.40. The van der Waals surface area contributed by atoms with Crippen LogP contribution in [0, 0.1) is 0 Å². The van der Waals surface area contributed by atoms with Crippen LogP contribution in [0.15, 0.2) is 41.0 Å². The summed E-state index contributed by atoms with van der Waals surface area (Å²) in [6, 6.07) is 10.3. The van der Waals surface area contributed by atoms with Gasteiger partial charge < -0.3 is 9.73 Å². The maximum absolute atomic E-state index is 5.42. The van der Waals surface area contributed by atoms with E-state index in [-0.39, 0.29) is 0 Å². The molecule has 64 valence electrons. The first-order chi connectivity index (χ1) is 6.45. The molecule has 2 nitrogen and oxygen atoms in total. The van der Waals surface area contributed by atoms with Crippen molar-refractivity contribution >= 4 is 5.69 Å². The SMILES string of the molecule is c1ccc2c(c1)CNc1ccoc1-2. The van der Waals surface area contributed by atoms with Gasteiger partial charge in [0, 0.05) is 18.2 Å². The van der Waals surface area contributed by atoms with Gasteiger partial charge >= 0.3 is 0 Å². The molecule has 1 aliphatic heterocycles.